The number of benzene rings is 1. The van der Waals surface area contributed by atoms with E-state index >= 15 is 0 Å². The largest absolute Gasteiger partial charge is 0.492 e. The summed E-state index contributed by atoms with van der Waals surface area (Å²) in [4.78, 5) is 0. The molecule has 0 unspecified atom stereocenters. The summed E-state index contributed by atoms with van der Waals surface area (Å²) in [7, 11) is 3.06. The van der Waals surface area contributed by atoms with Crippen molar-refractivity contribution < 1.29 is 9.47 Å². The van der Waals surface area contributed by atoms with Crippen molar-refractivity contribution in [3.63, 3.8) is 0 Å². The number of hydrogen-bond acceptors (Lipinski definition) is 3. The predicted octanol–water partition coefficient (Wildman–Crippen LogP) is 2.79. The first-order chi connectivity index (χ1) is 7.19. The van der Waals surface area contributed by atoms with E-state index in [1.54, 1.807) is 6.07 Å². The van der Waals surface area contributed by atoms with Crippen molar-refractivity contribution in [2.75, 3.05) is 14.2 Å². The van der Waals surface area contributed by atoms with Gasteiger partial charge < -0.3 is 9.47 Å². The Morgan fingerprint density at radius 2 is 1.93 bits per heavy atom. The van der Waals surface area contributed by atoms with E-state index in [0.717, 1.165) is 5.56 Å². The number of hydrogen-bond donors (Lipinski definition) is 0. The molecule has 4 heteroatoms. The number of nitriles is 1. The lowest BCUT2D eigenvalue weighted by Gasteiger charge is -2.14. The second-order valence-corrected chi connectivity index (χ2v) is 3.32. The van der Waals surface area contributed by atoms with Gasteiger partial charge in [-0.1, -0.05) is 18.5 Å². The molecule has 0 N–H and O–H groups in total. The van der Waals surface area contributed by atoms with Crippen molar-refractivity contribution in [2.45, 2.75) is 13.3 Å². The van der Waals surface area contributed by atoms with Gasteiger partial charge in [-0.05, 0) is 12.5 Å². The Hall–Kier alpha value is -1.40. The minimum atomic E-state index is 0.392. The third kappa shape index (κ3) is 2.00. The van der Waals surface area contributed by atoms with Gasteiger partial charge in [0.25, 0.3) is 0 Å². The molecule has 1 aromatic carbocycles. The maximum absolute atomic E-state index is 8.95. The second kappa shape index (κ2) is 4.90. The van der Waals surface area contributed by atoms with Crippen molar-refractivity contribution in [1.29, 1.82) is 5.26 Å². The summed E-state index contributed by atoms with van der Waals surface area (Å²) in [6.45, 7) is 1.95. The van der Waals surface area contributed by atoms with Crippen LogP contribution in [-0.4, -0.2) is 14.2 Å². The first-order valence-electron chi connectivity index (χ1n) is 4.53. The fourth-order valence-electron chi connectivity index (χ4n) is 1.50. The van der Waals surface area contributed by atoms with Crippen LogP contribution in [0.3, 0.4) is 0 Å². The summed E-state index contributed by atoms with van der Waals surface area (Å²) < 4.78 is 10.4. The van der Waals surface area contributed by atoms with Crippen LogP contribution in [0.1, 0.15) is 18.1 Å². The van der Waals surface area contributed by atoms with E-state index in [4.69, 9.17) is 26.3 Å². The Bertz CT molecular complexity index is 410. The summed E-state index contributed by atoms with van der Waals surface area (Å²) in [5.41, 5.74) is 1.35. The zero-order valence-corrected chi connectivity index (χ0v) is 9.68. The summed E-state index contributed by atoms with van der Waals surface area (Å²) in [5, 5.41) is 9.34. The first-order valence-corrected chi connectivity index (χ1v) is 4.90. The lowest BCUT2D eigenvalue weighted by Crippen LogP contribution is -1.99. The van der Waals surface area contributed by atoms with Crippen LogP contribution in [0.5, 0.6) is 11.5 Å². The van der Waals surface area contributed by atoms with Gasteiger partial charge >= 0.3 is 0 Å². The van der Waals surface area contributed by atoms with Gasteiger partial charge in [0.05, 0.1) is 30.9 Å². The third-order valence-corrected chi connectivity index (χ3v) is 2.46. The van der Waals surface area contributed by atoms with E-state index in [1.165, 1.54) is 14.2 Å². The fourth-order valence-corrected chi connectivity index (χ4v) is 1.78. The molecule has 0 saturated carbocycles. The molecule has 80 valence electrons. The molecular weight excluding hydrogens is 214 g/mol. The average Bonchev–Trinajstić information content (AvgIpc) is 2.27. The lowest BCUT2D eigenvalue weighted by atomic mass is 10.0. The van der Waals surface area contributed by atoms with Crippen LogP contribution < -0.4 is 9.47 Å². The number of methoxy groups -OCH3 is 2. The van der Waals surface area contributed by atoms with E-state index in [9.17, 15) is 0 Å². The standard InChI is InChI=1S/C11H12ClNO2/c1-4-8-7(6-13)5-9(12)11(15-3)10(8)14-2/h5H,4H2,1-3H3. The van der Waals surface area contributed by atoms with Crippen LogP contribution in [0.4, 0.5) is 0 Å². The molecule has 0 fully saturated rings. The average molecular weight is 226 g/mol. The highest BCUT2D eigenvalue weighted by Crippen LogP contribution is 2.39. The molecule has 1 aromatic rings. The highest BCUT2D eigenvalue weighted by molar-refractivity contribution is 6.32. The van der Waals surface area contributed by atoms with Crippen molar-refractivity contribution in [2.24, 2.45) is 0 Å². The van der Waals surface area contributed by atoms with Gasteiger partial charge in [0, 0.05) is 5.56 Å². The van der Waals surface area contributed by atoms with E-state index in [1.807, 2.05) is 6.92 Å². The molecule has 0 aliphatic carbocycles. The fraction of sp³-hybridized carbons (Fsp3) is 0.364. The molecular formula is C11H12ClNO2. The topological polar surface area (TPSA) is 42.2 Å². The van der Waals surface area contributed by atoms with Crippen LogP contribution in [0.2, 0.25) is 5.02 Å². The monoisotopic (exact) mass is 225 g/mol. The van der Waals surface area contributed by atoms with Gasteiger partial charge in [-0.25, -0.2) is 0 Å². The SMILES string of the molecule is CCc1c(C#N)cc(Cl)c(OC)c1OC. The molecule has 0 spiro atoms. The predicted molar refractivity (Wildman–Crippen MR) is 58.6 cm³/mol. The molecule has 15 heavy (non-hydrogen) atoms. The zero-order valence-electron chi connectivity index (χ0n) is 8.93. The van der Waals surface area contributed by atoms with Crippen molar-refractivity contribution in [1.82, 2.24) is 0 Å². The summed E-state index contributed by atoms with van der Waals surface area (Å²) >= 11 is 5.97. The van der Waals surface area contributed by atoms with Gasteiger partial charge in [-0.15, -0.1) is 0 Å². The lowest BCUT2D eigenvalue weighted by molar-refractivity contribution is 0.352. The van der Waals surface area contributed by atoms with Crippen molar-refractivity contribution in [3.05, 3.63) is 22.2 Å². The molecule has 0 bridgehead atoms. The number of nitrogens with zero attached hydrogens (tertiary/aromatic N) is 1. The van der Waals surface area contributed by atoms with E-state index in [-0.39, 0.29) is 0 Å². The first kappa shape index (κ1) is 11.7. The van der Waals surface area contributed by atoms with Crippen LogP contribution in [0.25, 0.3) is 0 Å². The number of rotatable bonds is 3. The smallest absolute Gasteiger partial charge is 0.179 e. The molecule has 0 saturated heterocycles. The van der Waals surface area contributed by atoms with E-state index in [0.29, 0.717) is 28.5 Å². The number of ether oxygens (including phenoxy) is 2. The maximum Gasteiger partial charge on any atom is 0.179 e. The Balaban J connectivity index is 3.53. The van der Waals surface area contributed by atoms with Gasteiger partial charge in [0.2, 0.25) is 0 Å². The molecule has 0 radical (unpaired) electrons. The van der Waals surface area contributed by atoms with Crippen molar-refractivity contribution >= 4 is 11.6 Å². The van der Waals surface area contributed by atoms with Crippen LogP contribution in [0, 0.1) is 11.3 Å². The molecule has 0 amide bonds. The third-order valence-electron chi connectivity index (χ3n) is 2.18. The molecule has 1 rings (SSSR count). The highest BCUT2D eigenvalue weighted by Gasteiger charge is 2.17. The van der Waals surface area contributed by atoms with Crippen LogP contribution in [-0.2, 0) is 6.42 Å². The molecule has 0 atom stereocenters. The van der Waals surface area contributed by atoms with E-state index in [2.05, 4.69) is 6.07 Å². The van der Waals surface area contributed by atoms with Crippen molar-refractivity contribution in [3.8, 4) is 17.6 Å². The Morgan fingerprint density at radius 3 is 2.33 bits per heavy atom. The molecule has 0 aliphatic heterocycles. The van der Waals surface area contributed by atoms with Crippen LogP contribution in [0.15, 0.2) is 6.07 Å². The molecule has 0 aliphatic rings. The van der Waals surface area contributed by atoms with Gasteiger partial charge in [0.1, 0.15) is 0 Å². The van der Waals surface area contributed by atoms with Gasteiger partial charge in [-0.3, -0.25) is 0 Å². The Labute approximate surface area is 94.2 Å². The zero-order chi connectivity index (χ0) is 11.4. The Morgan fingerprint density at radius 1 is 1.33 bits per heavy atom. The van der Waals surface area contributed by atoms with Crippen LogP contribution >= 0.6 is 11.6 Å². The quantitative estimate of drug-likeness (QED) is 0.795. The molecule has 0 heterocycles. The van der Waals surface area contributed by atoms with Gasteiger partial charge in [0.15, 0.2) is 11.5 Å². The van der Waals surface area contributed by atoms with Gasteiger partial charge in [-0.2, -0.15) is 5.26 Å². The second-order valence-electron chi connectivity index (χ2n) is 2.92. The summed E-state index contributed by atoms with van der Waals surface area (Å²) in [5.74, 6) is 1.03. The molecule has 0 aromatic heterocycles. The maximum atomic E-state index is 8.95. The normalized spacial score (nSPS) is 9.53. The summed E-state index contributed by atoms with van der Waals surface area (Å²) in [6.07, 6.45) is 0.694. The summed E-state index contributed by atoms with van der Waals surface area (Å²) in [6, 6.07) is 3.69. The molecule has 3 nitrogen and oxygen atoms in total. The Kier molecular flexibility index (Phi) is 3.81. The van der Waals surface area contributed by atoms with E-state index < -0.39 is 0 Å². The highest BCUT2D eigenvalue weighted by atomic mass is 35.5. The minimum Gasteiger partial charge on any atom is -0.492 e. The minimum absolute atomic E-state index is 0.392. The number of halogens is 1.